The number of unbranched alkanes of at least 4 members (excludes halogenated alkanes) is 4. The molecule has 0 radical (unpaired) electrons. The van der Waals surface area contributed by atoms with Crippen molar-refractivity contribution in [2.75, 3.05) is 26.4 Å². The van der Waals surface area contributed by atoms with Crippen LogP contribution in [0.25, 0.3) is 0 Å². The highest BCUT2D eigenvalue weighted by Gasteiger charge is 2.53. The maximum Gasteiger partial charge on any atom is 0.220 e. The van der Waals surface area contributed by atoms with Crippen LogP contribution in [0.2, 0.25) is 0 Å². The van der Waals surface area contributed by atoms with Crippen molar-refractivity contribution < 1.29 is 89.4 Å². The van der Waals surface area contributed by atoms with Crippen molar-refractivity contribution in [3.05, 3.63) is 158 Å². The van der Waals surface area contributed by atoms with Crippen molar-refractivity contribution in [2.45, 2.75) is 240 Å². The van der Waals surface area contributed by atoms with E-state index in [1.807, 2.05) is 0 Å². The predicted octanol–water partition coefficient (Wildman–Crippen LogP) is 6.98. The number of aliphatic hydroxyl groups excluding tert-OH is 11. The number of carbonyl (C=O) groups excluding carboxylic acids is 1. The summed E-state index contributed by atoms with van der Waals surface area (Å²) in [4.78, 5) is 13.3. The average Bonchev–Trinajstić information content (AvgIpc) is 1.83. The number of aliphatic hydroxyl groups is 11. The fraction of sp³-hybridized carbons (Fsp3) is 0.609. The molecule has 0 aromatic carbocycles. The van der Waals surface area contributed by atoms with Gasteiger partial charge in [0, 0.05) is 6.42 Å². The van der Waals surface area contributed by atoms with Gasteiger partial charge in [-0.05, 0) is 116 Å². The Morgan fingerprint density at radius 1 is 0.409 bits per heavy atom. The van der Waals surface area contributed by atoms with Gasteiger partial charge in [-0.2, -0.15) is 0 Å². The van der Waals surface area contributed by atoms with Gasteiger partial charge < -0.3 is 89.9 Å². The summed E-state index contributed by atoms with van der Waals surface area (Å²) in [7, 11) is 0. The summed E-state index contributed by atoms with van der Waals surface area (Å²) in [5.41, 5.74) is 0. The predicted molar refractivity (Wildman–Crippen MR) is 341 cm³/mol. The molecule has 0 aromatic rings. The molecule has 1 amide bonds. The number of nitrogens with one attached hydrogen (secondary N) is 1. The molecule has 12 N–H and O–H groups in total. The van der Waals surface area contributed by atoms with E-state index in [0.29, 0.717) is 12.8 Å². The standard InChI is InChI=1S/C69H107NO18/c1-3-5-7-9-11-13-15-16-17-18-19-20-21-22-23-24-25-26-27-28-29-30-31-32-33-34-35-36-37-39-41-43-45-47-57(75)70-52(53(74)46-44-42-40-38-14-12-10-8-6-4-2)51-83-67-63(81)60(78)65(55(49-72)85-67)88-69-64(82)61(79)66(56(50-73)86-69)87-68-62(80)59(77)58(76)54(48-71)84-68/h5-8,11,13-14,16-17,19-20,22-23,25-26,28-29,31-32,34-35,37-39,44,46,52-56,58-69,71-74,76-82H,3-4,9-10,12,15,18,21,24,27,30,33,36,40-43,45,47-51H2,1-2H3,(H,70,75)/b7-5-,8-6+,13-11-,17-16-,20-19-,23-22-,26-25-,29-28-,32-31-,35-34-,38-14+,39-37-,46-44+. The maximum absolute atomic E-state index is 13.3. The molecule has 17 unspecified atom stereocenters. The number of allylic oxidation sites excluding steroid dienone is 25. The molecule has 0 aliphatic carbocycles. The first-order chi connectivity index (χ1) is 42.8. The topological polar surface area (TPSA) is 307 Å². The lowest BCUT2D eigenvalue weighted by molar-refractivity contribution is -0.379. The van der Waals surface area contributed by atoms with Crippen LogP contribution in [0.5, 0.6) is 0 Å². The Balaban J connectivity index is 1.42. The van der Waals surface area contributed by atoms with Crippen LogP contribution in [-0.2, 0) is 33.2 Å². The Morgan fingerprint density at radius 3 is 1.18 bits per heavy atom. The van der Waals surface area contributed by atoms with Crippen molar-refractivity contribution in [2.24, 2.45) is 0 Å². The molecule has 3 heterocycles. The molecule has 0 saturated carbocycles. The highest BCUT2D eigenvalue weighted by atomic mass is 16.8. The number of amides is 1. The van der Waals surface area contributed by atoms with E-state index in [4.69, 9.17) is 28.4 Å². The zero-order valence-electron chi connectivity index (χ0n) is 51.9. The normalized spacial score (nSPS) is 29.5. The molecule has 17 atom stereocenters. The smallest absolute Gasteiger partial charge is 0.220 e. The minimum atomic E-state index is -1.99. The van der Waals surface area contributed by atoms with E-state index < -0.39 is 131 Å². The Kier molecular flexibility index (Phi) is 43.4. The lowest BCUT2D eigenvalue weighted by atomic mass is 9.96. The summed E-state index contributed by atoms with van der Waals surface area (Å²) < 4.78 is 34.1. The zero-order valence-corrected chi connectivity index (χ0v) is 51.9. The van der Waals surface area contributed by atoms with E-state index >= 15 is 0 Å². The SMILES string of the molecule is CC/C=C\C/C=C\C/C=C\C/C=C\C/C=C\C/C=C\C/C=C\C/C=C\C/C=C\C/C=C\CCCCC(=O)NC(COC1OC(CO)C(OC2OC(CO)C(OC3OC(CO)C(O)C(O)C3O)C(O)C2O)C(O)C1O)C(O)/C=C/CC/C=C/CC/C=C/CC. The maximum atomic E-state index is 13.3. The van der Waals surface area contributed by atoms with Gasteiger partial charge in [0.15, 0.2) is 18.9 Å². The van der Waals surface area contributed by atoms with Gasteiger partial charge in [-0.15, -0.1) is 0 Å². The van der Waals surface area contributed by atoms with Crippen LogP contribution in [0.1, 0.15) is 136 Å². The van der Waals surface area contributed by atoms with Gasteiger partial charge in [0.05, 0.1) is 38.6 Å². The molecule has 0 spiro atoms. The van der Waals surface area contributed by atoms with E-state index in [1.165, 1.54) is 0 Å². The lowest BCUT2D eigenvalue weighted by Crippen LogP contribution is -2.66. The number of ether oxygens (including phenoxy) is 6. The van der Waals surface area contributed by atoms with E-state index in [1.54, 1.807) is 12.2 Å². The van der Waals surface area contributed by atoms with Crippen LogP contribution in [0.15, 0.2) is 158 Å². The molecule has 3 aliphatic rings. The third kappa shape index (κ3) is 31.4. The molecule has 88 heavy (non-hydrogen) atoms. The minimum Gasteiger partial charge on any atom is -0.394 e. The van der Waals surface area contributed by atoms with Gasteiger partial charge in [-0.25, -0.2) is 0 Å². The summed E-state index contributed by atoms with van der Waals surface area (Å²) in [6.07, 6.45) is 44.0. The van der Waals surface area contributed by atoms with Gasteiger partial charge >= 0.3 is 0 Å². The van der Waals surface area contributed by atoms with Crippen LogP contribution in [0.4, 0.5) is 0 Å². The van der Waals surface area contributed by atoms with Gasteiger partial charge in [0.1, 0.15) is 73.2 Å². The summed E-state index contributed by atoms with van der Waals surface area (Å²) in [5.74, 6) is -0.344. The third-order valence-corrected chi connectivity index (χ3v) is 14.5. The Labute approximate surface area is 523 Å². The first-order valence-electron chi connectivity index (χ1n) is 31.7. The monoisotopic (exact) mass is 1240 g/mol. The second-order valence-electron chi connectivity index (χ2n) is 21.7. The van der Waals surface area contributed by atoms with Gasteiger partial charge in [0.2, 0.25) is 5.91 Å². The first kappa shape index (κ1) is 77.7. The number of carbonyl (C=O) groups is 1. The van der Waals surface area contributed by atoms with Crippen molar-refractivity contribution in [1.29, 1.82) is 0 Å². The molecule has 0 bridgehead atoms. The van der Waals surface area contributed by atoms with Crippen molar-refractivity contribution in [3.8, 4) is 0 Å². The number of hydrogen-bond acceptors (Lipinski definition) is 18. The first-order valence-corrected chi connectivity index (χ1v) is 31.7. The van der Waals surface area contributed by atoms with Crippen molar-refractivity contribution in [1.82, 2.24) is 5.32 Å². The highest BCUT2D eigenvalue weighted by Crippen LogP contribution is 2.33. The van der Waals surface area contributed by atoms with E-state index in [2.05, 4.69) is 165 Å². The van der Waals surface area contributed by atoms with E-state index in [-0.39, 0.29) is 12.3 Å². The lowest BCUT2D eigenvalue weighted by Gasteiger charge is -2.48. The van der Waals surface area contributed by atoms with E-state index in [9.17, 15) is 61.0 Å². The Morgan fingerprint density at radius 2 is 0.750 bits per heavy atom. The zero-order chi connectivity index (χ0) is 64.0. The fourth-order valence-electron chi connectivity index (χ4n) is 9.43. The molecule has 3 rings (SSSR count). The van der Waals surface area contributed by atoms with Crippen LogP contribution in [0, 0.1) is 0 Å². The molecule has 3 saturated heterocycles. The quantitative estimate of drug-likeness (QED) is 0.0216. The van der Waals surface area contributed by atoms with Crippen LogP contribution in [0.3, 0.4) is 0 Å². The van der Waals surface area contributed by atoms with Crippen molar-refractivity contribution >= 4 is 5.91 Å². The molecule has 3 aliphatic heterocycles. The molecule has 19 heteroatoms. The highest BCUT2D eigenvalue weighted by molar-refractivity contribution is 5.76. The average molecular weight is 1240 g/mol. The molecule has 19 nitrogen and oxygen atoms in total. The van der Waals surface area contributed by atoms with Crippen LogP contribution >= 0.6 is 0 Å². The third-order valence-electron chi connectivity index (χ3n) is 14.5. The number of rotatable bonds is 44. The molecule has 3 fully saturated rings. The Hall–Kier alpha value is -4.59. The fourth-order valence-corrected chi connectivity index (χ4v) is 9.43. The second-order valence-corrected chi connectivity index (χ2v) is 21.7. The summed E-state index contributed by atoms with van der Waals surface area (Å²) in [6, 6.07) is -1.03. The van der Waals surface area contributed by atoms with E-state index in [0.717, 1.165) is 103 Å². The van der Waals surface area contributed by atoms with Gasteiger partial charge in [-0.1, -0.05) is 172 Å². The summed E-state index contributed by atoms with van der Waals surface area (Å²) in [5, 5.41) is 120. The molecule has 0 aromatic heterocycles. The van der Waals surface area contributed by atoms with Crippen LogP contribution < -0.4 is 5.32 Å². The molecular formula is C69H107NO18. The van der Waals surface area contributed by atoms with Gasteiger partial charge in [-0.3, -0.25) is 4.79 Å². The summed E-state index contributed by atoms with van der Waals surface area (Å²) in [6.45, 7) is 1.37. The summed E-state index contributed by atoms with van der Waals surface area (Å²) >= 11 is 0. The molecule has 496 valence electrons. The van der Waals surface area contributed by atoms with Crippen LogP contribution in [-0.4, -0.2) is 193 Å². The van der Waals surface area contributed by atoms with Crippen molar-refractivity contribution in [3.63, 3.8) is 0 Å². The Bertz CT molecular complexity index is 2210. The number of hydrogen-bond donors (Lipinski definition) is 12. The second kappa shape index (κ2) is 49.2. The minimum absolute atomic E-state index is 0.164. The largest absolute Gasteiger partial charge is 0.394 e. The van der Waals surface area contributed by atoms with Gasteiger partial charge in [0.25, 0.3) is 0 Å². The molecular weight excluding hydrogens is 1130 g/mol.